The second-order valence-corrected chi connectivity index (χ2v) is 5.56. The van der Waals surface area contributed by atoms with E-state index in [1.807, 2.05) is 0 Å². The van der Waals surface area contributed by atoms with Gasteiger partial charge in [0.25, 0.3) is 5.91 Å². The summed E-state index contributed by atoms with van der Waals surface area (Å²) < 4.78 is 5.04. The van der Waals surface area contributed by atoms with Crippen molar-refractivity contribution >= 4 is 17.9 Å². The maximum atomic E-state index is 12.6. The van der Waals surface area contributed by atoms with Gasteiger partial charge in [-0.1, -0.05) is 36.4 Å². The Morgan fingerprint density at radius 3 is 2.30 bits per heavy atom. The molecule has 2 aromatic rings. The van der Waals surface area contributed by atoms with Crippen LogP contribution in [-0.2, 0) is 4.79 Å². The average Bonchev–Trinajstić information content (AvgIpc) is 2.70. The molecule has 2 rings (SSSR count). The van der Waals surface area contributed by atoms with E-state index in [0.717, 1.165) is 4.90 Å². The van der Waals surface area contributed by atoms with Crippen molar-refractivity contribution in [2.45, 2.75) is 6.04 Å². The normalized spacial score (nSPS) is 11.1. The molecule has 140 valence electrons. The SMILES string of the molecule is C=CCN(C(=O)NC(C(=O)O)c1ccc(OC)cc1)C(=O)c1ccccc1. The second kappa shape index (κ2) is 9.19. The van der Waals surface area contributed by atoms with Gasteiger partial charge >= 0.3 is 12.0 Å². The molecule has 0 heterocycles. The van der Waals surface area contributed by atoms with Gasteiger partial charge < -0.3 is 15.2 Å². The van der Waals surface area contributed by atoms with Crippen LogP contribution < -0.4 is 10.1 Å². The minimum Gasteiger partial charge on any atom is -0.497 e. The summed E-state index contributed by atoms with van der Waals surface area (Å²) in [7, 11) is 1.49. The smallest absolute Gasteiger partial charge is 0.330 e. The lowest BCUT2D eigenvalue weighted by Crippen LogP contribution is -2.46. The van der Waals surface area contributed by atoms with Gasteiger partial charge in [0.1, 0.15) is 5.75 Å². The van der Waals surface area contributed by atoms with E-state index >= 15 is 0 Å². The molecule has 2 N–H and O–H groups in total. The molecule has 1 unspecified atom stereocenters. The zero-order valence-corrected chi connectivity index (χ0v) is 14.8. The largest absolute Gasteiger partial charge is 0.497 e. The molecule has 7 nitrogen and oxygen atoms in total. The Kier molecular flexibility index (Phi) is 6.71. The van der Waals surface area contributed by atoms with E-state index in [2.05, 4.69) is 11.9 Å². The molecule has 0 bridgehead atoms. The van der Waals surface area contributed by atoms with Crippen LogP contribution in [-0.4, -0.2) is 41.6 Å². The standard InChI is InChI=1S/C20H20N2O5/c1-3-13-22(18(23)15-7-5-4-6-8-15)20(26)21-17(19(24)25)14-9-11-16(27-2)12-10-14/h3-12,17H,1,13H2,2H3,(H,21,26)(H,24,25). The Morgan fingerprint density at radius 1 is 1.15 bits per heavy atom. The number of imide groups is 1. The van der Waals surface area contributed by atoms with Crippen LogP contribution in [0.2, 0.25) is 0 Å². The van der Waals surface area contributed by atoms with Crippen molar-refractivity contribution in [3.05, 3.63) is 78.4 Å². The second-order valence-electron chi connectivity index (χ2n) is 5.56. The topological polar surface area (TPSA) is 95.9 Å². The minimum atomic E-state index is -1.32. The summed E-state index contributed by atoms with van der Waals surface area (Å²) in [5.41, 5.74) is 0.660. The number of nitrogens with one attached hydrogen (secondary N) is 1. The Hall–Kier alpha value is -3.61. The predicted molar refractivity (Wildman–Crippen MR) is 99.6 cm³/mol. The molecule has 7 heteroatoms. The first-order valence-corrected chi connectivity index (χ1v) is 8.13. The molecule has 0 fully saturated rings. The number of methoxy groups -OCH3 is 1. The van der Waals surface area contributed by atoms with Crippen molar-refractivity contribution in [3.8, 4) is 5.75 Å². The number of hydrogen-bond donors (Lipinski definition) is 2. The van der Waals surface area contributed by atoms with E-state index in [4.69, 9.17) is 4.74 Å². The molecule has 1 atom stereocenters. The molecule has 0 aliphatic carbocycles. The van der Waals surface area contributed by atoms with Crippen LogP contribution in [0.5, 0.6) is 5.75 Å². The van der Waals surface area contributed by atoms with Gasteiger partial charge in [-0.05, 0) is 29.8 Å². The maximum Gasteiger partial charge on any atom is 0.330 e. The fourth-order valence-corrected chi connectivity index (χ4v) is 2.41. The maximum absolute atomic E-state index is 12.6. The lowest BCUT2D eigenvalue weighted by molar-refractivity contribution is -0.139. The number of carboxylic acids is 1. The summed E-state index contributed by atoms with van der Waals surface area (Å²) in [6.45, 7) is 3.49. The summed E-state index contributed by atoms with van der Waals surface area (Å²) in [4.78, 5) is 37.8. The summed E-state index contributed by atoms with van der Waals surface area (Å²) in [6.07, 6.45) is 1.39. The van der Waals surface area contributed by atoms with E-state index in [-0.39, 0.29) is 6.54 Å². The van der Waals surface area contributed by atoms with Crippen molar-refractivity contribution < 1.29 is 24.2 Å². The highest BCUT2D eigenvalue weighted by atomic mass is 16.5. The monoisotopic (exact) mass is 368 g/mol. The van der Waals surface area contributed by atoms with Crippen LogP contribution in [0.1, 0.15) is 22.0 Å². The van der Waals surface area contributed by atoms with Crippen LogP contribution in [0.3, 0.4) is 0 Å². The first-order valence-electron chi connectivity index (χ1n) is 8.13. The van der Waals surface area contributed by atoms with E-state index in [1.165, 1.54) is 25.3 Å². The number of urea groups is 1. The third-order valence-electron chi connectivity index (χ3n) is 3.79. The quantitative estimate of drug-likeness (QED) is 0.733. The Balaban J connectivity index is 2.23. The molecular formula is C20H20N2O5. The van der Waals surface area contributed by atoms with Gasteiger partial charge in [-0.2, -0.15) is 0 Å². The van der Waals surface area contributed by atoms with Crippen LogP contribution in [0.15, 0.2) is 67.3 Å². The van der Waals surface area contributed by atoms with Gasteiger partial charge in [-0.15, -0.1) is 6.58 Å². The number of carboxylic acid groups (broad SMARTS) is 1. The summed E-state index contributed by atoms with van der Waals surface area (Å²) >= 11 is 0. The number of ether oxygens (including phenoxy) is 1. The van der Waals surface area contributed by atoms with Crippen LogP contribution in [0.4, 0.5) is 4.79 Å². The number of nitrogens with zero attached hydrogens (tertiary/aromatic N) is 1. The van der Waals surface area contributed by atoms with Crippen molar-refractivity contribution in [3.63, 3.8) is 0 Å². The Bertz CT molecular complexity index is 818. The van der Waals surface area contributed by atoms with Crippen LogP contribution in [0, 0.1) is 0 Å². The zero-order valence-electron chi connectivity index (χ0n) is 14.8. The average molecular weight is 368 g/mol. The summed E-state index contributed by atoms with van der Waals surface area (Å²) in [6, 6.07) is 12.4. The lowest BCUT2D eigenvalue weighted by Gasteiger charge is -2.23. The Morgan fingerprint density at radius 2 is 1.78 bits per heavy atom. The van der Waals surface area contributed by atoms with E-state index in [0.29, 0.717) is 16.9 Å². The highest BCUT2D eigenvalue weighted by molar-refractivity contribution is 6.05. The van der Waals surface area contributed by atoms with Crippen LogP contribution in [0.25, 0.3) is 0 Å². The molecule has 3 amide bonds. The fraction of sp³-hybridized carbons (Fsp3) is 0.150. The Labute approximate surface area is 156 Å². The van der Waals surface area contributed by atoms with Gasteiger partial charge in [0, 0.05) is 12.1 Å². The number of amides is 3. The first kappa shape index (κ1) is 19.7. The van der Waals surface area contributed by atoms with E-state index in [1.54, 1.807) is 42.5 Å². The van der Waals surface area contributed by atoms with Crippen LogP contribution >= 0.6 is 0 Å². The molecule has 0 aliphatic rings. The van der Waals surface area contributed by atoms with Gasteiger partial charge in [-0.3, -0.25) is 9.69 Å². The van der Waals surface area contributed by atoms with Crippen molar-refractivity contribution in [2.75, 3.05) is 13.7 Å². The highest BCUT2D eigenvalue weighted by Gasteiger charge is 2.28. The molecule has 27 heavy (non-hydrogen) atoms. The third kappa shape index (κ3) is 4.94. The number of benzene rings is 2. The molecule has 0 aliphatic heterocycles. The van der Waals surface area contributed by atoms with Gasteiger partial charge in [-0.25, -0.2) is 9.59 Å². The molecule has 0 saturated carbocycles. The number of hydrogen-bond acceptors (Lipinski definition) is 4. The minimum absolute atomic E-state index is 0.0610. The van der Waals surface area contributed by atoms with E-state index < -0.39 is 23.9 Å². The molecule has 0 spiro atoms. The molecule has 0 radical (unpaired) electrons. The van der Waals surface area contributed by atoms with Gasteiger partial charge in [0.15, 0.2) is 6.04 Å². The van der Waals surface area contributed by atoms with Gasteiger partial charge in [0.05, 0.1) is 7.11 Å². The summed E-state index contributed by atoms with van der Waals surface area (Å²) in [5, 5.41) is 11.9. The van der Waals surface area contributed by atoms with Crippen molar-refractivity contribution in [1.29, 1.82) is 0 Å². The molecule has 2 aromatic carbocycles. The molecule has 0 aromatic heterocycles. The summed E-state index contributed by atoms with van der Waals surface area (Å²) in [5.74, 6) is -1.24. The number of carbonyl (C=O) groups is 3. The predicted octanol–water partition coefficient (Wildman–Crippen LogP) is 2.86. The number of carbonyl (C=O) groups excluding carboxylic acids is 2. The lowest BCUT2D eigenvalue weighted by atomic mass is 10.1. The fourth-order valence-electron chi connectivity index (χ4n) is 2.41. The highest BCUT2D eigenvalue weighted by Crippen LogP contribution is 2.18. The van der Waals surface area contributed by atoms with Crippen molar-refractivity contribution in [2.24, 2.45) is 0 Å². The molecular weight excluding hydrogens is 348 g/mol. The van der Waals surface area contributed by atoms with E-state index in [9.17, 15) is 19.5 Å². The third-order valence-corrected chi connectivity index (χ3v) is 3.79. The van der Waals surface area contributed by atoms with Crippen molar-refractivity contribution in [1.82, 2.24) is 10.2 Å². The number of aliphatic carboxylic acids is 1. The molecule has 0 saturated heterocycles. The van der Waals surface area contributed by atoms with Gasteiger partial charge in [0.2, 0.25) is 0 Å². The number of rotatable bonds is 7. The zero-order chi connectivity index (χ0) is 19.8. The first-order chi connectivity index (χ1) is 13.0.